The van der Waals surface area contributed by atoms with Gasteiger partial charge in [0.05, 0.1) is 29.1 Å². The van der Waals surface area contributed by atoms with Crippen LogP contribution >= 0.6 is 11.6 Å². The number of pyridine rings is 1. The van der Waals surface area contributed by atoms with Crippen LogP contribution in [-0.2, 0) is 4.79 Å². The number of carboxylic acids is 1. The fraction of sp³-hybridized carbons (Fsp3) is 0.188. The molecule has 0 bridgehead atoms. The van der Waals surface area contributed by atoms with Crippen LogP contribution in [0.2, 0.25) is 5.02 Å². The summed E-state index contributed by atoms with van der Waals surface area (Å²) in [6, 6.07) is 3.09. The van der Waals surface area contributed by atoms with Gasteiger partial charge in [-0.25, -0.2) is 22.9 Å². The monoisotopic (exact) mass is 388 g/mol. The first-order chi connectivity index (χ1) is 12.2. The molecule has 2 rings (SSSR count). The van der Waals surface area contributed by atoms with Gasteiger partial charge in [0.15, 0.2) is 17.3 Å². The molecule has 0 saturated carbocycles. The average Bonchev–Trinajstić information content (AvgIpc) is 2.55. The van der Waals surface area contributed by atoms with E-state index in [9.17, 15) is 27.9 Å². The van der Waals surface area contributed by atoms with Crippen molar-refractivity contribution < 1.29 is 32.6 Å². The first-order valence-electron chi connectivity index (χ1n) is 7.03. The number of rotatable bonds is 5. The summed E-state index contributed by atoms with van der Waals surface area (Å²) < 4.78 is 45.3. The molecule has 0 aliphatic heterocycles. The van der Waals surface area contributed by atoms with Gasteiger partial charge in [-0.3, -0.25) is 4.79 Å². The average molecular weight is 389 g/mol. The Morgan fingerprint density at radius 1 is 1.35 bits per heavy atom. The van der Waals surface area contributed by atoms with Gasteiger partial charge in [0.2, 0.25) is 5.91 Å². The second-order valence-corrected chi connectivity index (χ2v) is 5.43. The van der Waals surface area contributed by atoms with Crippen molar-refractivity contribution in [3.63, 3.8) is 0 Å². The maximum atomic E-state index is 14.6. The Balaban J connectivity index is 2.74. The number of hydrogen-bond donors (Lipinski definition) is 2. The number of carbonyl (C=O) groups is 2. The standard InChI is InChI=1S/C16H12ClF3N2O4/c1-6(23)21-10-5-9(22-13(11(10)17)16(24)25)7-3-4-8(15(19)20)14(26-2)12(7)18/h3-5,15H,1-2H3,(H,24,25)(H,21,22,23). The van der Waals surface area contributed by atoms with Gasteiger partial charge < -0.3 is 15.2 Å². The highest BCUT2D eigenvalue weighted by molar-refractivity contribution is 6.36. The first-order valence-corrected chi connectivity index (χ1v) is 7.41. The maximum absolute atomic E-state index is 14.6. The van der Waals surface area contributed by atoms with Crippen LogP contribution in [0.4, 0.5) is 18.9 Å². The lowest BCUT2D eigenvalue weighted by Gasteiger charge is -2.14. The van der Waals surface area contributed by atoms with E-state index in [2.05, 4.69) is 10.3 Å². The number of ether oxygens (including phenoxy) is 1. The lowest BCUT2D eigenvalue weighted by Crippen LogP contribution is -2.11. The van der Waals surface area contributed by atoms with Crippen molar-refractivity contribution in [1.29, 1.82) is 0 Å². The summed E-state index contributed by atoms with van der Waals surface area (Å²) in [7, 11) is 1.02. The van der Waals surface area contributed by atoms with Crippen LogP contribution in [0.3, 0.4) is 0 Å². The number of aromatic nitrogens is 1. The third-order valence-corrected chi connectivity index (χ3v) is 3.70. The van der Waals surface area contributed by atoms with Crippen molar-refractivity contribution in [1.82, 2.24) is 4.98 Å². The van der Waals surface area contributed by atoms with Gasteiger partial charge in [0.25, 0.3) is 6.43 Å². The summed E-state index contributed by atoms with van der Waals surface area (Å²) in [6.07, 6.45) is -2.98. The molecule has 0 unspecified atom stereocenters. The van der Waals surface area contributed by atoms with Gasteiger partial charge in [0.1, 0.15) is 0 Å². The summed E-state index contributed by atoms with van der Waals surface area (Å²) in [5.41, 5.74) is -1.94. The van der Waals surface area contributed by atoms with Gasteiger partial charge in [-0.1, -0.05) is 11.6 Å². The Morgan fingerprint density at radius 2 is 2.00 bits per heavy atom. The van der Waals surface area contributed by atoms with Crippen molar-refractivity contribution in [3.8, 4) is 17.0 Å². The van der Waals surface area contributed by atoms with E-state index < -0.39 is 41.1 Å². The van der Waals surface area contributed by atoms with Gasteiger partial charge in [-0.15, -0.1) is 0 Å². The second-order valence-electron chi connectivity index (χ2n) is 5.05. The molecule has 1 aromatic heterocycles. The highest BCUT2D eigenvalue weighted by atomic mass is 35.5. The molecule has 10 heteroatoms. The van der Waals surface area contributed by atoms with Crippen LogP contribution in [0.1, 0.15) is 29.4 Å². The largest absolute Gasteiger partial charge is 0.493 e. The van der Waals surface area contributed by atoms with E-state index in [1.807, 2.05) is 0 Å². The molecule has 0 radical (unpaired) electrons. The zero-order chi connectivity index (χ0) is 19.6. The summed E-state index contributed by atoms with van der Waals surface area (Å²) in [5.74, 6) is -3.90. The normalized spacial score (nSPS) is 10.7. The number of nitrogens with zero attached hydrogens (tertiary/aromatic N) is 1. The van der Waals surface area contributed by atoms with Crippen LogP contribution in [0.5, 0.6) is 5.75 Å². The molecule has 138 valence electrons. The number of benzene rings is 1. The van der Waals surface area contributed by atoms with Crippen LogP contribution in [0.25, 0.3) is 11.3 Å². The molecule has 0 fully saturated rings. The lowest BCUT2D eigenvalue weighted by atomic mass is 10.0. The minimum Gasteiger partial charge on any atom is -0.493 e. The van der Waals surface area contributed by atoms with Crippen molar-refractivity contribution in [2.24, 2.45) is 0 Å². The third kappa shape index (κ3) is 3.72. The molecule has 0 atom stereocenters. The predicted octanol–water partition coefficient (Wildman–Crippen LogP) is 4.14. The Hall–Kier alpha value is -2.81. The summed E-state index contributed by atoms with van der Waals surface area (Å²) >= 11 is 5.90. The van der Waals surface area contributed by atoms with Crippen molar-refractivity contribution in [2.75, 3.05) is 12.4 Å². The first kappa shape index (κ1) is 19.5. The molecule has 0 aliphatic carbocycles. The number of alkyl halides is 2. The van der Waals surface area contributed by atoms with Gasteiger partial charge in [-0.2, -0.15) is 0 Å². The molecule has 2 aromatic rings. The SMILES string of the molecule is COc1c(C(F)F)ccc(-c2cc(NC(C)=O)c(Cl)c(C(=O)O)n2)c1F. The Labute approximate surface area is 150 Å². The number of carboxylic acid groups (broad SMARTS) is 1. The Kier molecular flexibility index (Phi) is 5.71. The molecular formula is C16H12ClF3N2O4. The van der Waals surface area contributed by atoms with E-state index in [1.165, 1.54) is 0 Å². The third-order valence-electron chi connectivity index (χ3n) is 3.31. The van der Waals surface area contributed by atoms with E-state index in [1.54, 1.807) is 0 Å². The summed E-state index contributed by atoms with van der Waals surface area (Å²) in [5, 5.41) is 11.2. The van der Waals surface area contributed by atoms with Crippen molar-refractivity contribution >= 4 is 29.2 Å². The number of carbonyl (C=O) groups excluding carboxylic acids is 1. The van der Waals surface area contributed by atoms with Crippen molar-refractivity contribution in [2.45, 2.75) is 13.3 Å². The fourth-order valence-electron chi connectivity index (χ4n) is 2.24. The quantitative estimate of drug-likeness (QED) is 0.803. The van der Waals surface area contributed by atoms with E-state index in [0.717, 1.165) is 32.2 Å². The molecule has 1 heterocycles. The molecule has 0 aliphatic rings. The highest BCUT2D eigenvalue weighted by Gasteiger charge is 2.24. The summed E-state index contributed by atoms with van der Waals surface area (Å²) in [6.45, 7) is 1.16. The van der Waals surface area contributed by atoms with Gasteiger partial charge in [-0.05, 0) is 18.2 Å². The molecule has 0 spiro atoms. The summed E-state index contributed by atoms with van der Waals surface area (Å²) in [4.78, 5) is 26.3. The molecular weight excluding hydrogens is 377 g/mol. The smallest absolute Gasteiger partial charge is 0.356 e. The topological polar surface area (TPSA) is 88.5 Å². The van der Waals surface area contributed by atoms with Gasteiger partial charge in [0, 0.05) is 12.5 Å². The predicted molar refractivity (Wildman–Crippen MR) is 87.4 cm³/mol. The number of aromatic carboxylic acids is 1. The number of methoxy groups -OCH3 is 1. The number of nitrogens with one attached hydrogen (secondary N) is 1. The minimum atomic E-state index is -2.98. The van der Waals surface area contributed by atoms with Crippen LogP contribution < -0.4 is 10.1 Å². The van der Waals surface area contributed by atoms with E-state index >= 15 is 0 Å². The number of halogens is 4. The van der Waals surface area contributed by atoms with Crippen LogP contribution in [-0.4, -0.2) is 29.1 Å². The van der Waals surface area contributed by atoms with E-state index in [0.29, 0.717) is 0 Å². The number of hydrogen-bond acceptors (Lipinski definition) is 4. The number of amides is 1. The second kappa shape index (κ2) is 7.61. The van der Waals surface area contributed by atoms with Crippen LogP contribution in [0, 0.1) is 5.82 Å². The molecule has 2 N–H and O–H groups in total. The maximum Gasteiger partial charge on any atom is 0.356 e. The zero-order valence-corrected chi connectivity index (χ0v) is 14.2. The minimum absolute atomic E-state index is 0.113. The zero-order valence-electron chi connectivity index (χ0n) is 13.4. The fourth-order valence-corrected chi connectivity index (χ4v) is 2.46. The lowest BCUT2D eigenvalue weighted by molar-refractivity contribution is -0.114. The molecule has 26 heavy (non-hydrogen) atoms. The van der Waals surface area contributed by atoms with Gasteiger partial charge >= 0.3 is 5.97 Å². The van der Waals surface area contributed by atoms with E-state index in [-0.39, 0.29) is 22.0 Å². The molecule has 1 amide bonds. The molecule has 0 saturated heterocycles. The number of anilines is 1. The Bertz CT molecular complexity index is 890. The highest BCUT2D eigenvalue weighted by Crippen LogP contribution is 2.38. The molecule has 1 aromatic carbocycles. The Morgan fingerprint density at radius 3 is 2.50 bits per heavy atom. The van der Waals surface area contributed by atoms with E-state index in [4.69, 9.17) is 16.3 Å². The van der Waals surface area contributed by atoms with Crippen molar-refractivity contribution in [3.05, 3.63) is 40.3 Å². The molecule has 6 nitrogen and oxygen atoms in total. The van der Waals surface area contributed by atoms with Crippen LogP contribution in [0.15, 0.2) is 18.2 Å².